The molecule has 1 aromatic rings. The Morgan fingerprint density at radius 3 is 2.50 bits per heavy atom. The number of aryl methyl sites for hydroxylation is 1. The standard InChI is InChI=1S/C6H7ClF3N3O2S/c1-13-3-11-5(4(13)7)16(14,15)12-2-6(8,9)10/h3,12H,2H2,1H3. The zero-order valence-corrected chi connectivity index (χ0v) is 9.49. The fourth-order valence-electron chi connectivity index (χ4n) is 0.819. The highest BCUT2D eigenvalue weighted by atomic mass is 35.5. The molecule has 0 spiro atoms. The highest BCUT2D eigenvalue weighted by Crippen LogP contribution is 2.19. The predicted molar refractivity (Wildman–Crippen MR) is 49.5 cm³/mol. The second-order valence-corrected chi connectivity index (χ2v) is 4.93. The van der Waals surface area contributed by atoms with Gasteiger partial charge in [0.2, 0.25) is 5.03 Å². The average molecular weight is 278 g/mol. The molecule has 0 saturated carbocycles. The van der Waals surface area contributed by atoms with Gasteiger partial charge in [0, 0.05) is 7.05 Å². The Morgan fingerprint density at radius 1 is 1.56 bits per heavy atom. The number of hydrogen-bond donors (Lipinski definition) is 1. The van der Waals surface area contributed by atoms with Crippen LogP contribution in [0.4, 0.5) is 13.2 Å². The fraction of sp³-hybridized carbons (Fsp3) is 0.500. The summed E-state index contributed by atoms with van der Waals surface area (Å²) in [6.45, 7) is -1.66. The molecule has 0 unspecified atom stereocenters. The topological polar surface area (TPSA) is 64.0 Å². The lowest BCUT2D eigenvalue weighted by molar-refractivity contribution is -0.121. The van der Waals surface area contributed by atoms with Crippen molar-refractivity contribution in [2.45, 2.75) is 11.2 Å². The number of rotatable bonds is 3. The van der Waals surface area contributed by atoms with Crippen molar-refractivity contribution in [1.29, 1.82) is 0 Å². The molecule has 0 aliphatic carbocycles. The Bertz CT molecular complexity index is 482. The van der Waals surface area contributed by atoms with E-state index in [1.807, 2.05) is 0 Å². The minimum atomic E-state index is -4.63. The van der Waals surface area contributed by atoms with E-state index in [0.717, 1.165) is 6.33 Å². The molecular weight excluding hydrogens is 271 g/mol. The minimum absolute atomic E-state index is 0.255. The van der Waals surface area contributed by atoms with Crippen LogP contribution in [0.15, 0.2) is 11.4 Å². The molecule has 0 fully saturated rings. The van der Waals surface area contributed by atoms with Crippen molar-refractivity contribution in [2.75, 3.05) is 6.54 Å². The van der Waals surface area contributed by atoms with E-state index in [4.69, 9.17) is 11.6 Å². The van der Waals surface area contributed by atoms with Crippen LogP contribution >= 0.6 is 11.6 Å². The van der Waals surface area contributed by atoms with E-state index >= 15 is 0 Å². The number of aromatic nitrogens is 2. The maximum Gasteiger partial charge on any atom is 0.402 e. The van der Waals surface area contributed by atoms with Crippen molar-refractivity contribution in [1.82, 2.24) is 14.3 Å². The van der Waals surface area contributed by atoms with E-state index in [1.54, 1.807) is 0 Å². The summed E-state index contributed by atoms with van der Waals surface area (Å²) < 4.78 is 60.7. The Kier molecular flexibility index (Phi) is 3.50. The molecule has 16 heavy (non-hydrogen) atoms. The van der Waals surface area contributed by atoms with Crippen molar-refractivity contribution in [3.8, 4) is 0 Å². The zero-order chi connectivity index (χ0) is 12.6. The van der Waals surface area contributed by atoms with Crippen LogP contribution in [0.25, 0.3) is 0 Å². The molecular formula is C6H7ClF3N3O2S. The highest BCUT2D eigenvalue weighted by molar-refractivity contribution is 7.89. The first-order valence-corrected chi connectivity index (χ1v) is 5.73. The number of hydrogen-bond acceptors (Lipinski definition) is 3. The molecule has 5 nitrogen and oxygen atoms in total. The monoisotopic (exact) mass is 277 g/mol. The molecule has 0 aromatic carbocycles. The van der Waals surface area contributed by atoms with Gasteiger partial charge in [-0.15, -0.1) is 0 Å². The van der Waals surface area contributed by atoms with E-state index in [2.05, 4.69) is 4.98 Å². The van der Waals surface area contributed by atoms with Gasteiger partial charge in [0.05, 0.1) is 6.33 Å². The molecule has 0 atom stereocenters. The zero-order valence-electron chi connectivity index (χ0n) is 7.92. The molecule has 0 amide bonds. The molecule has 1 heterocycles. The van der Waals surface area contributed by atoms with Gasteiger partial charge in [-0.1, -0.05) is 11.6 Å². The van der Waals surface area contributed by atoms with Crippen molar-refractivity contribution >= 4 is 21.6 Å². The van der Waals surface area contributed by atoms with Crippen LogP contribution < -0.4 is 4.72 Å². The lowest BCUT2D eigenvalue weighted by atomic mass is 10.7. The molecule has 10 heteroatoms. The average Bonchev–Trinajstić information content (AvgIpc) is 2.44. The summed E-state index contributed by atoms with van der Waals surface area (Å²) in [5.41, 5.74) is 0. The normalized spacial score (nSPS) is 13.1. The first kappa shape index (κ1) is 13.3. The molecule has 0 bridgehead atoms. The summed E-state index contributed by atoms with van der Waals surface area (Å²) in [7, 11) is -2.92. The van der Waals surface area contributed by atoms with Gasteiger partial charge in [0.25, 0.3) is 10.0 Å². The Morgan fingerprint density at radius 2 is 2.12 bits per heavy atom. The first-order valence-electron chi connectivity index (χ1n) is 3.87. The van der Waals surface area contributed by atoms with Crippen LogP contribution in [-0.4, -0.2) is 30.7 Å². The van der Waals surface area contributed by atoms with Gasteiger partial charge in [0.1, 0.15) is 11.7 Å². The molecule has 0 saturated heterocycles. The number of imidazole rings is 1. The van der Waals surface area contributed by atoms with Crippen LogP contribution in [0.3, 0.4) is 0 Å². The Labute approximate surface area is 94.3 Å². The third-order valence-corrected chi connectivity index (χ3v) is 3.44. The van der Waals surface area contributed by atoms with Gasteiger partial charge in [0.15, 0.2) is 0 Å². The second kappa shape index (κ2) is 4.22. The molecule has 1 N–H and O–H groups in total. The van der Waals surface area contributed by atoms with Gasteiger partial charge >= 0.3 is 6.18 Å². The fourth-order valence-corrected chi connectivity index (χ4v) is 2.26. The summed E-state index contributed by atoms with van der Waals surface area (Å²) >= 11 is 5.54. The van der Waals surface area contributed by atoms with Gasteiger partial charge in [-0.3, -0.25) is 0 Å². The molecule has 1 rings (SSSR count). The van der Waals surface area contributed by atoms with Crippen LogP contribution in [-0.2, 0) is 17.1 Å². The smallest absolute Gasteiger partial charge is 0.324 e. The van der Waals surface area contributed by atoms with E-state index in [1.165, 1.54) is 16.3 Å². The molecule has 92 valence electrons. The third-order valence-electron chi connectivity index (χ3n) is 1.55. The summed E-state index contributed by atoms with van der Waals surface area (Å²) in [5.74, 6) is 0. The molecule has 0 aliphatic rings. The first-order chi connectivity index (χ1) is 7.13. The number of nitrogens with zero attached hydrogens (tertiary/aromatic N) is 2. The van der Waals surface area contributed by atoms with Gasteiger partial charge in [-0.25, -0.2) is 18.1 Å². The number of nitrogens with one attached hydrogen (secondary N) is 1. The second-order valence-electron chi connectivity index (χ2n) is 2.89. The highest BCUT2D eigenvalue weighted by Gasteiger charge is 2.31. The van der Waals surface area contributed by atoms with Crippen molar-refractivity contribution < 1.29 is 21.6 Å². The largest absolute Gasteiger partial charge is 0.402 e. The van der Waals surface area contributed by atoms with Gasteiger partial charge in [-0.2, -0.15) is 13.2 Å². The van der Waals surface area contributed by atoms with Crippen LogP contribution in [0.2, 0.25) is 5.15 Å². The lowest BCUT2D eigenvalue weighted by Crippen LogP contribution is -2.34. The Balaban J connectivity index is 2.92. The lowest BCUT2D eigenvalue weighted by Gasteiger charge is -2.07. The maximum absolute atomic E-state index is 11.8. The minimum Gasteiger partial charge on any atom is -0.324 e. The summed E-state index contributed by atoms with van der Waals surface area (Å²) in [6.07, 6.45) is -3.54. The molecule has 0 radical (unpaired) electrons. The SMILES string of the molecule is Cn1cnc(S(=O)(=O)NCC(F)(F)F)c1Cl. The van der Waals surface area contributed by atoms with Crippen molar-refractivity contribution in [2.24, 2.45) is 7.05 Å². The third kappa shape index (κ3) is 3.09. The maximum atomic E-state index is 11.8. The van der Waals surface area contributed by atoms with Gasteiger partial charge in [-0.05, 0) is 0 Å². The molecule has 0 aliphatic heterocycles. The quantitative estimate of drug-likeness (QED) is 0.893. The summed E-state index contributed by atoms with van der Waals surface area (Å²) in [4.78, 5) is 3.40. The Hall–Kier alpha value is -0.800. The van der Waals surface area contributed by atoms with Crippen molar-refractivity contribution in [3.63, 3.8) is 0 Å². The van der Waals surface area contributed by atoms with E-state index in [0.29, 0.717) is 0 Å². The summed E-state index contributed by atoms with van der Waals surface area (Å²) in [6, 6.07) is 0. The molecule has 1 aromatic heterocycles. The number of alkyl halides is 3. The van der Waals surface area contributed by atoms with E-state index in [-0.39, 0.29) is 5.15 Å². The summed E-state index contributed by atoms with van der Waals surface area (Å²) in [5, 5.41) is -0.879. The predicted octanol–water partition coefficient (Wildman–Crippen LogP) is 0.914. The number of sulfonamides is 1. The van der Waals surface area contributed by atoms with Crippen LogP contribution in [0.5, 0.6) is 0 Å². The van der Waals surface area contributed by atoms with E-state index < -0.39 is 27.8 Å². The number of halogens is 4. The van der Waals surface area contributed by atoms with Crippen LogP contribution in [0, 0.1) is 0 Å². The van der Waals surface area contributed by atoms with Crippen molar-refractivity contribution in [3.05, 3.63) is 11.5 Å². The van der Waals surface area contributed by atoms with E-state index in [9.17, 15) is 21.6 Å². The van der Waals surface area contributed by atoms with Crippen LogP contribution in [0.1, 0.15) is 0 Å². The van der Waals surface area contributed by atoms with Gasteiger partial charge < -0.3 is 4.57 Å².